The standard InChI is InChI=1S/C23H16N4O3/c28-23(26-14-19-21(25-11-10-24-19)20-7-4-12-29-20)16-8-9-18-17(13-16)22(30-27-18)15-5-2-1-3-6-15/h1-13H,14H2,(H,26,28). The van der Waals surface area contributed by atoms with Gasteiger partial charge in [-0.15, -0.1) is 0 Å². The minimum absolute atomic E-state index is 0.218. The van der Waals surface area contributed by atoms with Crippen molar-refractivity contribution in [2.75, 3.05) is 0 Å². The number of hydrogen-bond donors (Lipinski definition) is 1. The van der Waals surface area contributed by atoms with Crippen LogP contribution in [0.3, 0.4) is 0 Å². The van der Waals surface area contributed by atoms with E-state index < -0.39 is 0 Å². The van der Waals surface area contributed by atoms with Crippen LogP contribution in [0.5, 0.6) is 0 Å². The molecule has 7 nitrogen and oxygen atoms in total. The Hall–Kier alpha value is -4.26. The van der Waals surface area contributed by atoms with E-state index in [1.807, 2.05) is 30.3 Å². The van der Waals surface area contributed by atoms with Gasteiger partial charge in [0.25, 0.3) is 5.91 Å². The molecule has 0 aliphatic rings. The van der Waals surface area contributed by atoms with Crippen molar-refractivity contribution in [3.63, 3.8) is 0 Å². The van der Waals surface area contributed by atoms with E-state index in [1.165, 1.54) is 0 Å². The molecule has 5 aromatic rings. The van der Waals surface area contributed by atoms with Crippen LogP contribution in [0.2, 0.25) is 0 Å². The van der Waals surface area contributed by atoms with Gasteiger partial charge in [-0.25, -0.2) is 4.98 Å². The third-order valence-electron chi connectivity index (χ3n) is 4.72. The molecule has 0 radical (unpaired) electrons. The third kappa shape index (κ3) is 3.33. The van der Waals surface area contributed by atoms with E-state index in [9.17, 15) is 4.79 Å². The summed E-state index contributed by atoms with van der Waals surface area (Å²) in [5.41, 5.74) is 3.33. The Labute approximate surface area is 171 Å². The minimum atomic E-state index is -0.229. The summed E-state index contributed by atoms with van der Waals surface area (Å²) >= 11 is 0. The summed E-state index contributed by atoms with van der Waals surface area (Å²) in [5.74, 6) is 1.01. The molecule has 0 saturated heterocycles. The van der Waals surface area contributed by atoms with Crippen LogP contribution in [0.4, 0.5) is 0 Å². The van der Waals surface area contributed by atoms with Gasteiger partial charge in [-0.1, -0.05) is 35.5 Å². The van der Waals surface area contributed by atoms with Crippen LogP contribution in [0, 0.1) is 0 Å². The van der Waals surface area contributed by atoms with Crippen molar-refractivity contribution in [2.24, 2.45) is 0 Å². The maximum atomic E-state index is 12.8. The lowest BCUT2D eigenvalue weighted by molar-refractivity contribution is 0.0950. The number of benzene rings is 2. The van der Waals surface area contributed by atoms with Gasteiger partial charge in [-0.05, 0) is 30.3 Å². The van der Waals surface area contributed by atoms with E-state index in [1.54, 1.807) is 49.0 Å². The third-order valence-corrected chi connectivity index (χ3v) is 4.72. The lowest BCUT2D eigenvalue weighted by Crippen LogP contribution is -2.23. The molecule has 1 amide bonds. The van der Waals surface area contributed by atoms with Crippen molar-refractivity contribution in [2.45, 2.75) is 6.54 Å². The normalized spacial score (nSPS) is 10.9. The Morgan fingerprint density at radius 1 is 0.967 bits per heavy atom. The largest absolute Gasteiger partial charge is 0.463 e. The number of nitrogens with zero attached hydrogens (tertiary/aromatic N) is 3. The molecular weight excluding hydrogens is 380 g/mol. The number of aromatic nitrogens is 3. The number of fused-ring (bicyclic) bond motifs is 1. The number of hydrogen-bond acceptors (Lipinski definition) is 6. The highest BCUT2D eigenvalue weighted by molar-refractivity contribution is 6.01. The Morgan fingerprint density at radius 2 is 1.83 bits per heavy atom. The van der Waals surface area contributed by atoms with Gasteiger partial charge in [0.15, 0.2) is 11.5 Å². The monoisotopic (exact) mass is 396 g/mol. The fourth-order valence-corrected chi connectivity index (χ4v) is 3.26. The molecule has 0 aliphatic heterocycles. The molecule has 30 heavy (non-hydrogen) atoms. The molecule has 0 bridgehead atoms. The van der Waals surface area contributed by atoms with E-state index in [4.69, 9.17) is 8.94 Å². The molecule has 0 fully saturated rings. The summed E-state index contributed by atoms with van der Waals surface area (Å²) in [6, 6.07) is 18.5. The summed E-state index contributed by atoms with van der Waals surface area (Å²) in [6.45, 7) is 0.218. The molecule has 0 saturated carbocycles. The van der Waals surface area contributed by atoms with Crippen LogP contribution in [0.15, 0.2) is 88.3 Å². The van der Waals surface area contributed by atoms with Crippen LogP contribution in [-0.4, -0.2) is 21.0 Å². The predicted octanol–water partition coefficient (Wildman–Crippen LogP) is 4.47. The van der Waals surface area contributed by atoms with Gasteiger partial charge in [0, 0.05) is 23.5 Å². The molecule has 5 rings (SSSR count). The predicted molar refractivity (Wildman–Crippen MR) is 110 cm³/mol. The minimum Gasteiger partial charge on any atom is -0.463 e. The van der Waals surface area contributed by atoms with Gasteiger partial charge in [-0.3, -0.25) is 9.78 Å². The van der Waals surface area contributed by atoms with Crippen LogP contribution < -0.4 is 5.32 Å². The first-order valence-electron chi connectivity index (χ1n) is 9.36. The summed E-state index contributed by atoms with van der Waals surface area (Å²) in [7, 11) is 0. The summed E-state index contributed by atoms with van der Waals surface area (Å²) in [5, 5.41) is 7.78. The SMILES string of the molecule is O=C(NCc1nccnc1-c1ccco1)c1ccc2noc(-c3ccccc3)c2c1. The van der Waals surface area contributed by atoms with Crippen LogP contribution in [0.1, 0.15) is 16.1 Å². The average Bonchev–Trinajstić information content (AvgIpc) is 3.48. The highest BCUT2D eigenvalue weighted by Crippen LogP contribution is 2.29. The second kappa shape index (κ2) is 7.63. The second-order valence-electron chi connectivity index (χ2n) is 6.62. The number of amides is 1. The Kier molecular flexibility index (Phi) is 4.53. The Balaban J connectivity index is 1.40. The maximum Gasteiger partial charge on any atom is 0.251 e. The summed E-state index contributed by atoms with van der Waals surface area (Å²) < 4.78 is 10.9. The molecule has 3 aromatic heterocycles. The highest BCUT2D eigenvalue weighted by atomic mass is 16.5. The number of rotatable bonds is 5. The van der Waals surface area contributed by atoms with Crippen molar-refractivity contribution in [1.82, 2.24) is 20.4 Å². The lowest BCUT2D eigenvalue weighted by atomic mass is 10.1. The topological polar surface area (TPSA) is 94.1 Å². The Bertz CT molecular complexity index is 1310. The van der Waals surface area contributed by atoms with E-state index in [2.05, 4.69) is 20.4 Å². The van der Waals surface area contributed by atoms with Gasteiger partial charge < -0.3 is 14.3 Å². The van der Waals surface area contributed by atoms with Gasteiger partial charge in [0.2, 0.25) is 0 Å². The smallest absolute Gasteiger partial charge is 0.251 e. The number of nitrogens with one attached hydrogen (secondary N) is 1. The molecule has 3 heterocycles. The van der Waals surface area contributed by atoms with Crippen molar-refractivity contribution in [3.8, 4) is 22.8 Å². The van der Waals surface area contributed by atoms with E-state index in [0.717, 1.165) is 10.9 Å². The van der Waals surface area contributed by atoms with Crippen molar-refractivity contribution in [3.05, 3.63) is 90.6 Å². The van der Waals surface area contributed by atoms with E-state index >= 15 is 0 Å². The maximum absolute atomic E-state index is 12.8. The molecule has 0 aliphatic carbocycles. The molecular formula is C23H16N4O3. The molecule has 0 unspecified atom stereocenters. The molecule has 0 spiro atoms. The number of carbonyl (C=O) groups is 1. The summed E-state index contributed by atoms with van der Waals surface area (Å²) in [4.78, 5) is 21.5. The first-order valence-corrected chi connectivity index (χ1v) is 9.36. The van der Waals surface area contributed by atoms with Gasteiger partial charge in [-0.2, -0.15) is 0 Å². The van der Waals surface area contributed by atoms with Gasteiger partial charge in [0.1, 0.15) is 11.2 Å². The fraction of sp³-hybridized carbons (Fsp3) is 0.0435. The van der Waals surface area contributed by atoms with Gasteiger partial charge >= 0.3 is 0 Å². The van der Waals surface area contributed by atoms with E-state index in [-0.39, 0.29) is 12.5 Å². The average molecular weight is 396 g/mol. The molecule has 2 aromatic carbocycles. The van der Waals surface area contributed by atoms with E-state index in [0.29, 0.717) is 34.0 Å². The first kappa shape index (κ1) is 17.8. The van der Waals surface area contributed by atoms with Crippen LogP contribution in [-0.2, 0) is 6.54 Å². The first-order chi connectivity index (χ1) is 14.8. The number of carbonyl (C=O) groups excluding carboxylic acids is 1. The van der Waals surface area contributed by atoms with Crippen molar-refractivity contribution >= 4 is 16.8 Å². The fourth-order valence-electron chi connectivity index (χ4n) is 3.26. The number of furan rings is 1. The molecule has 0 atom stereocenters. The zero-order chi connectivity index (χ0) is 20.3. The van der Waals surface area contributed by atoms with Crippen molar-refractivity contribution in [1.29, 1.82) is 0 Å². The van der Waals surface area contributed by atoms with Crippen LogP contribution in [0.25, 0.3) is 33.7 Å². The van der Waals surface area contributed by atoms with Crippen LogP contribution >= 0.6 is 0 Å². The highest BCUT2D eigenvalue weighted by Gasteiger charge is 2.15. The lowest BCUT2D eigenvalue weighted by Gasteiger charge is -2.08. The molecule has 146 valence electrons. The molecule has 1 N–H and O–H groups in total. The summed E-state index contributed by atoms with van der Waals surface area (Å²) in [6.07, 6.45) is 4.75. The van der Waals surface area contributed by atoms with Crippen molar-refractivity contribution < 1.29 is 13.7 Å². The molecule has 7 heteroatoms. The zero-order valence-electron chi connectivity index (χ0n) is 15.8. The van der Waals surface area contributed by atoms with Gasteiger partial charge in [0.05, 0.1) is 23.9 Å². The Morgan fingerprint density at radius 3 is 2.67 bits per heavy atom. The second-order valence-corrected chi connectivity index (χ2v) is 6.62. The zero-order valence-corrected chi connectivity index (χ0v) is 15.8. The quantitative estimate of drug-likeness (QED) is 0.471.